The molecule has 1 saturated heterocycles. The highest BCUT2D eigenvalue weighted by Crippen LogP contribution is 2.40. The topological polar surface area (TPSA) is 49.4 Å². The second kappa shape index (κ2) is 8.50. The predicted octanol–water partition coefficient (Wildman–Crippen LogP) is 3.41. The molecule has 3 rings (SSSR count). The van der Waals surface area contributed by atoms with Crippen LogP contribution in [-0.4, -0.2) is 36.3 Å². The van der Waals surface area contributed by atoms with Crippen LogP contribution in [0.4, 0.5) is 0 Å². The van der Waals surface area contributed by atoms with E-state index >= 15 is 0 Å². The molecule has 0 atom stereocenters. The van der Waals surface area contributed by atoms with Crippen LogP contribution in [0, 0.1) is 0 Å². The Hall–Kier alpha value is -1.84. The Morgan fingerprint density at radius 2 is 1.72 bits per heavy atom. The van der Waals surface area contributed by atoms with Crippen LogP contribution in [-0.2, 0) is 15.0 Å². The summed E-state index contributed by atoms with van der Waals surface area (Å²) in [6.07, 6.45) is 9.51. The van der Waals surface area contributed by atoms with E-state index in [2.05, 4.69) is 29.6 Å². The Bertz CT molecular complexity index is 579. The summed E-state index contributed by atoms with van der Waals surface area (Å²) in [6.45, 7) is 1.61. The lowest BCUT2D eigenvalue weighted by Crippen LogP contribution is -2.45. The van der Waals surface area contributed by atoms with Gasteiger partial charge in [-0.05, 0) is 31.2 Å². The molecule has 1 aliphatic carbocycles. The number of likely N-dealkylation sites (tertiary alicyclic amines) is 1. The monoisotopic (exact) mass is 342 g/mol. The van der Waals surface area contributed by atoms with E-state index < -0.39 is 0 Å². The first-order valence-electron chi connectivity index (χ1n) is 9.80. The Kier molecular flexibility index (Phi) is 6.11. The van der Waals surface area contributed by atoms with Crippen molar-refractivity contribution in [3.05, 3.63) is 35.9 Å². The third-order valence-corrected chi connectivity index (χ3v) is 5.83. The van der Waals surface area contributed by atoms with Crippen molar-refractivity contribution < 1.29 is 9.59 Å². The van der Waals surface area contributed by atoms with Gasteiger partial charge in [0.25, 0.3) is 0 Å². The van der Waals surface area contributed by atoms with Crippen LogP contribution in [0.25, 0.3) is 0 Å². The van der Waals surface area contributed by atoms with Gasteiger partial charge in [0.15, 0.2) is 0 Å². The lowest BCUT2D eigenvalue weighted by Gasteiger charge is -2.31. The van der Waals surface area contributed by atoms with Crippen LogP contribution < -0.4 is 5.32 Å². The minimum absolute atomic E-state index is 0.0175. The zero-order chi connectivity index (χ0) is 17.5. The first kappa shape index (κ1) is 18.0. The second-order valence-electron chi connectivity index (χ2n) is 7.61. The van der Waals surface area contributed by atoms with Crippen LogP contribution in [0.2, 0.25) is 0 Å². The Labute approximate surface area is 151 Å². The summed E-state index contributed by atoms with van der Waals surface area (Å²) in [6, 6.07) is 10.6. The summed E-state index contributed by atoms with van der Waals surface area (Å²) in [5, 5.41) is 3.13. The van der Waals surface area contributed by atoms with Crippen molar-refractivity contribution in [3.8, 4) is 0 Å². The quantitative estimate of drug-likeness (QED) is 0.891. The number of amides is 2. The molecule has 1 saturated carbocycles. The molecule has 0 radical (unpaired) electrons. The highest BCUT2D eigenvalue weighted by molar-refractivity contribution is 5.84. The van der Waals surface area contributed by atoms with Gasteiger partial charge in [-0.15, -0.1) is 0 Å². The van der Waals surface area contributed by atoms with Gasteiger partial charge in [-0.2, -0.15) is 0 Å². The summed E-state index contributed by atoms with van der Waals surface area (Å²) in [7, 11) is 0. The molecule has 136 valence electrons. The maximum absolute atomic E-state index is 12.5. The van der Waals surface area contributed by atoms with Crippen LogP contribution in [0.3, 0.4) is 0 Å². The average molecular weight is 342 g/mol. The van der Waals surface area contributed by atoms with E-state index in [4.69, 9.17) is 0 Å². The van der Waals surface area contributed by atoms with Crippen LogP contribution in [0.15, 0.2) is 30.3 Å². The normalized spacial score (nSPS) is 20.8. The number of hydrogen-bond donors (Lipinski definition) is 1. The van der Waals surface area contributed by atoms with Crippen LogP contribution in [0.5, 0.6) is 0 Å². The van der Waals surface area contributed by atoms with Crippen molar-refractivity contribution in [1.82, 2.24) is 10.2 Å². The third kappa shape index (κ3) is 4.62. The molecule has 1 aliphatic heterocycles. The standard InChI is InChI=1S/C21H30N2O2/c24-19(16-23-15-9-2-1-6-12-20(23)25)22-17-21(13-7-8-14-21)18-10-4-3-5-11-18/h3-5,10-11H,1-2,6-9,12-17H2,(H,22,24). The van der Waals surface area contributed by atoms with Crippen molar-refractivity contribution in [2.24, 2.45) is 0 Å². The highest BCUT2D eigenvalue weighted by Gasteiger charge is 2.35. The van der Waals surface area contributed by atoms with Gasteiger partial charge in [0.1, 0.15) is 0 Å². The van der Waals surface area contributed by atoms with Crippen LogP contribution in [0.1, 0.15) is 63.4 Å². The lowest BCUT2D eigenvalue weighted by atomic mass is 9.79. The zero-order valence-corrected chi connectivity index (χ0v) is 15.1. The van der Waals surface area contributed by atoms with Crippen molar-refractivity contribution in [2.45, 2.75) is 63.2 Å². The Morgan fingerprint density at radius 3 is 2.48 bits per heavy atom. The number of rotatable bonds is 5. The molecule has 1 heterocycles. The summed E-state index contributed by atoms with van der Waals surface area (Å²) in [4.78, 5) is 26.4. The molecule has 25 heavy (non-hydrogen) atoms. The van der Waals surface area contributed by atoms with E-state index in [1.165, 1.54) is 18.4 Å². The molecule has 4 nitrogen and oxygen atoms in total. The number of nitrogens with one attached hydrogen (secondary N) is 1. The highest BCUT2D eigenvalue weighted by atomic mass is 16.2. The van der Waals surface area contributed by atoms with Crippen LogP contribution >= 0.6 is 0 Å². The third-order valence-electron chi connectivity index (χ3n) is 5.83. The van der Waals surface area contributed by atoms with Crippen molar-refractivity contribution >= 4 is 11.8 Å². The maximum Gasteiger partial charge on any atom is 0.239 e. The largest absolute Gasteiger partial charge is 0.354 e. The van der Waals surface area contributed by atoms with Gasteiger partial charge in [-0.25, -0.2) is 0 Å². The van der Waals surface area contributed by atoms with Gasteiger partial charge in [0.05, 0.1) is 6.54 Å². The maximum atomic E-state index is 12.5. The predicted molar refractivity (Wildman–Crippen MR) is 99.3 cm³/mol. The molecule has 1 aromatic carbocycles. The van der Waals surface area contributed by atoms with E-state index in [0.29, 0.717) is 13.0 Å². The smallest absolute Gasteiger partial charge is 0.239 e. The molecule has 1 aromatic rings. The number of carbonyl (C=O) groups excluding carboxylic acids is 2. The van der Waals surface area contributed by atoms with Gasteiger partial charge < -0.3 is 10.2 Å². The Balaban J connectivity index is 1.57. The number of benzene rings is 1. The molecule has 0 aromatic heterocycles. The fourth-order valence-electron chi connectivity index (χ4n) is 4.29. The molecular formula is C21H30N2O2. The van der Waals surface area contributed by atoms with E-state index in [-0.39, 0.29) is 23.8 Å². The Morgan fingerprint density at radius 1 is 1.00 bits per heavy atom. The number of nitrogens with zero attached hydrogens (tertiary/aromatic N) is 1. The van der Waals surface area contributed by atoms with E-state index in [1.807, 2.05) is 6.07 Å². The summed E-state index contributed by atoms with van der Waals surface area (Å²) < 4.78 is 0. The SMILES string of the molecule is O=C(CN1CCCCCCC1=O)NCC1(c2ccccc2)CCCC1. The first-order chi connectivity index (χ1) is 12.2. The number of hydrogen-bond acceptors (Lipinski definition) is 2. The molecule has 4 heteroatoms. The molecule has 0 spiro atoms. The van der Waals surface area contributed by atoms with E-state index in [1.54, 1.807) is 4.90 Å². The molecular weight excluding hydrogens is 312 g/mol. The lowest BCUT2D eigenvalue weighted by molar-refractivity contribution is -0.136. The van der Waals surface area contributed by atoms with Gasteiger partial charge in [-0.1, -0.05) is 56.0 Å². The van der Waals surface area contributed by atoms with Gasteiger partial charge >= 0.3 is 0 Å². The minimum atomic E-state index is -0.0175. The van der Waals surface area contributed by atoms with Crippen molar-refractivity contribution in [2.75, 3.05) is 19.6 Å². The summed E-state index contributed by atoms with van der Waals surface area (Å²) >= 11 is 0. The average Bonchev–Trinajstić information content (AvgIpc) is 3.11. The molecule has 2 amide bonds. The minimum Gasteiger partial charge on any atom is -0.354 e. The second-order valence-corrected chi connectivity index (χ2v) is 7.61. The van der Waals surface area contributed by atoms with E-state index in [9.17, 15) is 9.59 Å². The summed E-state index contributed by atoms with van der Waals surface area (Å²) in [5.74, 6) is 0.115. The molecule has 0 unspecified atom stereocenters. The zero-order valence-electron chi connectivity index (χ0n) is 15.1. The number of carbonyl (C=O) groups is 2. The molecule has 1 N–H and O–H groups in total. The van der Waals surface area contributed by atoms with Gasteiger partial charge in [0, 0.05) is 24.9 Å². The molecule has 2 fully saturated rings. The van der Waals surface area contributed by atoms with Gasteiger partial charge in [0.2, 0.25) is 11.8 Å². The van der Waals surface area contributed by atoms with Crippen molar-refractivity contribution in [1.29, 1.82) is 0 Å². The molecule has 2 aliphatic rings. The summed E-state index contributed by atoms with van der Waals surface area (Å²) in [5.41, 5.74) is 1.40. The van der Waals surface area contributed by atoms with Gasteiger partial charge in [-0.3, -0.25) is 9.59 Å². The fraction of sp³-hybridized carbons (Fsp3) is 0.619. The van der Waals surface area contributed by atoms with Crippen molar-refractivity contribution in [3.63, 3.8) is 0 Å². The molecule has 0 bridgehead atoms. The first-order valence-corrected chi connectivity index (χ1v) is 9.80. The fourth-order valence-corrected chi connectivity index (χ4v) is 4.29. The van der Waals surface area contributed by atoms with E-state index in [0.717, 1.165) is 45.1 Å².